The Labute approximate surface area is 119 Å². The van der Waals surface area contributed by atoms with Crippen LogP contribution >= 0.6 is 31.9 Å². The standard InChI is InChI=1S/C6H3BrFNO.C5H3BrFN/c7-6-1-4(3-10)5(8)2-9-6;6-5-2-1-4(7)3-8-5/h1-3H;1-3H. The molecule has 0 fully saturated rings. The molecule has 2 heterocycles. The van der Waals surface area contributed by atoms with Gasteiger partial charge in [-0.3, -0.25) is 4.79 Å². The number of hydrogen-bond acceptors (Lipinski definition) is 3. The summed E-state index contributed by atoms with van der Waals surface area (Å²) < 4.78 is 25.6. The van der Waals surface area contributed by atoms with Crippen molar-refractivity contribution >= 4 is 38.1 Å². The zero-order valence-electron chi connectivity index (χ0n) is 8.78. The van der Waals surface area contributed by atoms with E-state index in [0.29, 0.717) is 15.5 Å². The molecule has 0 spiro atoms. The van der Waals surface area contributed by atoms with Crippen LogP contribution in [-0.2, 0) is 0 Å². The summed E-state index contributed by atoms with van der Waals surface area (Å²) in [6.45, 7) is 0. The monoisotopic (exact) mass is 378 g/mol. The molecular formula is C11H6Br2F2N2O. The van der Waals surface area contributed by atoms with Crippen LogP contribution in [0.2, 0.25) is 0 Å². The number of aldehydes is 1. The number of carbonyl (C=O) groups is 1. The van der Waals surface area contributed by atoms with Crippen LogP contribution < -0.4 is 0 Å². The van der Waals surface area contributed by atoms with Gasteiger partial charge in [0.25, 0.3) is 0 Å². The highest BCUT2D eigenvalue weighted by Crippen LogP contribution is 2.09. The van der Waals surface area contributed by atoms with Crippen LogP contribution in [0.4, 0.5) is 8.78 Å². The fraction of sp³-hybridized carbons (Fsp3) is 0. The van der Waals surface area contributed by atoms with Crippen molar-refractivity contribution in [3.8, 4) is 0 Å². The molecule has 0 unspecified atom stereocenters. The predicted octanol–water partition coefficient (Wildman–Crippen LogP) is 3.78. The normalized spacial score (nSPS) is 9.33. The van der Waals surface area contributed by atoms with Gasteiger partial charge in [0, 0.05) is 0 Å². The van der Waals surface area contributed by atoms with Gasteiger partial charge in [0.15, 0.2) is 12.1 Å². The number of carbonyl (C=O) groups excluding carboxylic acids is 1. The lowest BCUT2D eigenvalue weighted by Crippen LogP contribution is -1.88. The molecule has 0 saturated heterocycles. The van der Waals surface area contributed by atoms with E-state index in [2.05, 4.69) is 41.8 Å². The van der Waals surface area contributed by atoms with E-state index >= 15 is 0 Å². The third-order valence-electron chi connectivity index (χ3n) is 1.67. The molecule has 7 heteroatoms. The average Bonchev–Trinajstić information content (AvgIpc) is 2.37. The molecule has 0 amide bonds. The van der Waals surface area contributed by atoms with Crippen molar-refractivity contribution < 1.29 is 13.6 Å². The van der Waals surface area contributed by atoms with E-state index in [1.165, 1.54) is 12.1 Å². The molecule has 0 radical (unpaired) electrons. The van der Waals surface area contributed by atoms with E-state index in [9.17, 15) is 13.6 Å². The second kappa shape index (κ2) is 7.27. The van der Waals surface area contributed by atoms with E-state index in [1.807, 2.05) is 0 Å². The molecule has 0 aromatic carbocycles. The molecule has 18 heavy (non-hydrogen) atoms. The largest absolute Gasteiger partial charge is 0.298 e. The number of pyridine rings is 2. The molecule has 94 valence electrons. The van der Waals surface area contributed by atoms with Crippen LogP contribution in [0.5, 0.6) is 0 Å². The van der Waals surface area contributed by atoms with Gasteiger partial charge in [-0.2, -0.15) is 0 Å². The van der Waals surface area contributed by atoms with E-state index in [4.69, 9.17) is 0 Å². The lowest BCUT2D eigenvalue weighted by Gasteiger charge is -1.92. The molecule has 0 aliphatic carbocycles. The maximum Gasteiger partial charge on any atom is 0.153 e. The molecule has 0 aliphatic heterocycles. The van der Waals surface area contributed by atoms with Gasteiger partial charge in [0.05, 0.1) is 18.0 Å². The quantitative estimate of drug-likeness (QED) is 0.559. The Kier molecular flexibility index (Phi) is 6.00. The maximum absolute atomic E-state index is 12.5. The summed E-state index contributed by atoms with van der Waals surface area (Å²) in [5.41, 5.74) is 0.0156. The highest BCUT2D eigenvalue weighted by molar-refractivity contribution is 9.10. The first-order valence-electron chi connectivity index (χ1n) is 4.56. The molecule has 2 rings (SSSR count). The Balaban J connectivity index is 0.000000184. The van der Waals surface area contributed by atoms with Crippen LogP contribution in [0, 0.1) is 11.6 Å². The summed E-state index contributed by atoms with van der Waals surface area (Å²) in [7, 11) is 0. The molecule has 0 saturated carbocycles. The van der Waals surface area contributed by atoms with E-state index < -0.39 is 5.82 Å². The lowest BCUT2D eigenvalue weighted by atomic mass is 10.3. The Morgan fingerprint density at radius 1 is 1.06 bits per heavy atom. The molecule has 2 aromatic heterocycles. The zero-order valence-corrected chi connectivity index (χ0v) is 12.0. The molecule has 0 atom stereocenters. The van der Waals surface area contributed by atoms with Crippen LogP contribution in [0.25, 0.3) is 0 Å². The molecule has 2 aromatic rings. The van der Waals surface area contributed by atoms with Crippen molar-refractivity contribution in [2.24, 2.45) is 0 Å². The van der Waals surface area contributed by atoms with Gasteiger partial charge in [-0.15, -0.1) is 0 Å². The maximum atomic E-state index is 12.5. The number of halogens is 4. The van der Waals surface area contributed by atoms with Gasteiger partial charge in [-0.1, -0.05) is 0 Å². The number of hydrogen-bond donors (Lipinski definition) is 0. The summed E-state index contributed by atoms with van der Waals surface area (Å²) in [5, 5.41) is 0. The van der Waals surface area contributed by atoms with Gasteiger partial charge in [0.2, 0.25) is 0 Å². The van der Waals surface area contributed by atoms with Crippen LogP contribution in [0.1, 0.15) is 10.4 Å². The Morgan fingerprint density at radius 2 is 1.72 bits per heavy atom. The van der Waals surface area contributed by atoms with Crippen molar-refractivity contribution in [1.82, 2.24) is 9.97 Å². The Hall–Kier alpha value is -1.21. The van der Waals surface area contributed by atoms with Gasteiger partial charge < -0.3 is 0 Å². The Bertz CT molecular complexity index is 514. The second-order valence-electron chi connectivity index (χ2n) is 2.95. The summed E-state index contributed by atoms with van der Waals surface area (Å²) >= 11 is 6.07. The first-order valence-corrected chi connectivity index (χ1v) is 6.15. The van der Waals surface area contributed by atoms with Crippen molar-refractivity contribution in [3.63, 3.8) is 0 Å². The number of aromatic nitrogens is 2. The smallest absolute Gasteiger partial charge is 0.153 e. The average molecular weight is 380 g/mol. The third-order valence-corrected chi connectivity index (χ3v) is 2.57. The second-order valence-corrected chi connectivity index (χ2v) is 4.57. The van der Waals surface area contributed by atoms with Crippen molar-refractivity contribution in [1.29, 1.82) is 0 Å². The summed E-state index contributed by atoms with van der Waals surface area (Å²) in [6, 6.07) is 4.22. The molecule has 0 bridgehead atoms. The predicted molar refractivity (Wildman–Crippen MR) is 69.2 cm³/mol. The first-order chi connectivity index (χ1) is 8.52. The van der Waals surface area contributed by atoms with E-state index in [0.717, 1.165) is 12.4 Å². The minimum Gasteiger partial charge on any atom is -0.298 e. The van der Waals surface area contributed by atoms with Gasteiger partial charge >= 0.3 is 0 Å². The summed E-state index contributed by atoms with van der Waals surface area (Å²) in [5.74, 6) is -0.911. The van der Waals surface area contributed by atoms with Crippen LogP contribution in [-0.4, -0.2) is 16.3 Å². The minimum absolute atomic E-state index is 0.0156. The fourth-order valence-corrected chi connectivity index (χ4v) is 1.46. The van der Waals surface area contributed by atoms with E-state index in [-0.39, 0.29) is 11.4 Å². The summed E-state index contributed by atoms with van der Waals surface area (Å²) in [4.78, 5) is 17.3. The Morgan fingerprint density at radius 3 is 2.17 bits per heavy atom. The van der Waals surface area contributed by atoms with Gasteiger partial charge in [-0.25, -0.2) is 18.7 Å². The van der Waals surface area contributed by atoms with Gasteiger partial charge in [0.1, 0.15) is 15.0 Å². The lowest BCUT2D eigenvalue weighted by molar-refractivity contribution is 0.111. The van der Waals surface area contributed by atoms with Crippen LogP contribution in [0.3, 0.4) is 0 Å². The molecular weight excluding hydrogens is 374 g/mol. The molecule has 0 aliphatic rings. The number of rotatable bonds is 1. The fourth-order valence-electron chi connectivity index (χ4n) is 0.875. The SMILES string of the molecule is Fc1ccc(Br)nc1.O=Cc1cc(Br)ncc1F. The highest BCUT2D eigenvalue weighted by Gasteiger charge is 2.00. The van der Waals surface area contributed by atoms with E-state index in [1.54, 1.807) is 6.07 Å². The number of nitrogens with zero attached hydrogens (tertiary/aromatic N) is 2. The topological polar surface area (TPSA) is 42.9 Å². The van der Waals surface area contributed by atoms with Crippen molar-refractivity contribution in [3.05, 3.63) is 57.0 Å². The van der Waals surface area contributed by atoms with Crippen molar-refractivity contribution in [2.75, 3.05) is 0 Å². The summed E-state index contributed by atoms with van der Waals surface area (Å²) in [6.07, 6.45) is 2.60. The highest BCUT2D eigenvalue weighted by atomic mass is 79.9. The first kappa shape index (κ1) is 14.8. The minimum atomic E-state index is -0.599. The molecule has 0 N–H and O–H groups in total. The molecule has 3 nitrogen and oxygen atoms in total. The van der Waals surface area contributed by atoms with Crippen molar-refractivity contribution in [2.45, 2.75) is 0 Å². The third kappa shape index (κ3) is 4.97. The van der Waals surface area contributed by atoms with Gasteiger partial charge in [-0.05, 0) is 50.1 Å². The van der Waals surface area contributed by atoms with Crippen LogP contribution in [0.15, 0.2) is 39.8 Å². The zero-order chi connectivity index (χ0) is 13.5.